The van der Waals surface area contributed by atoms with Crippen LogP contribution in [0.5, 0.6) is 0 Å². The SMILES string of the molecule is CCCCCCCCCCCCCCCCCCBCCCCCCCCCCCCCCCCCC. The topological polar surface area (TPSA) is 0 Å². The Kier molecular flexibility index (Phi) is 36.1. The molecule has 0 aromatic rings. The van der Waals surface area contributed by atoms with Crippen molar-refractivity contribution in [3.63, 3.8) is 0 Å². The van der Waals surface area contributed by atoms with Gasteiger partial charge in [-0.05, 0) is 0 Å². The Bertz CT molecular complexity index is 332. The lowest BCUT2D eigenvalue weighted by atomic mass is 9.68. The average Bonchev–Trinajstić information content (AvgIpc) is 2.91. The molecule has 0 bridgehead atoms. The van der Waals surface area contributed by atoms with E-state index in [2.05, 4.69) is 13.8 Å². The first-order valence-electron chi connectivity index (χ1n) is 18.4. The highest BCUT2D eigenvalue weighted by molar-refractivity contribution is 6.35. The quantitative estimate of drug-likeness (QED) is 0.0587. The van der Waals surface area contributed by atoms with Gasteiger partial charge in [-0.15, -0.1) is 0 Å². The Balaban J connectivity index is 3.00. The molecule has 0 aromatic carbocycles. The largest absolute Gasteiger partial charge is 0.120 e. The van der Waals surface area contributed by atoms with Crippen molar-refractivity contribution < 1.29 is 0 Å². The molecule has 0 aliphatic rings. The van der Waals surface area contributed by atoms with Crippen molar-refractivity contribution in [2.45, 2.75) is 232 Å². The fraction of sp³-hybridized carbons (Fsp3) is 1.00. The van der Waals surface area contributed by atoms with Gasteiger partial charge in [0.25, 0.3) is 0 Å². The smallest absolute Gasteiger partial charge is 0.0774 e. The second-order valence-corrected chi connectivity index (χ2v) is 12.7. The van der Waals surface area contributed by atoms with Crippen LogP contribution in [0.1, 0.15) is 219 Å². The third-order valence-electron chi connectivity index (χ3n) is 8.71. The summed E-state index contributed by atoms with van der Waals surface area (Å²) in [5, 5.41) is 0. The molecule has 37 heavy (non-hydrogen) atoms. The minimum Gasteiger partial charge on any atom is -0.0774 e. The molecule has 0 N–H and O–H groups in total. The predicted octanol–water partition coefficient (Wildman–Crippen LogP) is 13.8. The Hall–Kier alpha value is 0.0649. The molecule has 0 heterocycles. The van der Waals surface area contributed by atoms with E-state index in [-0.39, 0.29) is 0 Å². The van der Waals surface area contributed by atoms with Crippen LogP contribution in [0.3, 0.4) is 0 Å². The Morgan fingerprint density at radius 3 is 0.568 bits per heavy atom. The van der Waals surface area contributed by atoms with E-state index in [1.165, 1.54) is 225 Å². The first kappa shape index (κ1) is 37.1. The summed E-state index contributed by atoms with van der Waals surface area (Å²) < 4.78 is 0. The molecule has 0 aliphatic heterocycles. The lowest BCUT2D eigenvalue weighted by Gasteiger charge is -2.04. The molecule has 0 saturated carbocycles. The molecular weight excluding hydrogens is 443 g/mol. The van der Waals surface area contributed by atoms with Crippen LogP contribution in [0.25, 0.3) is 0 Å². The summed E-state index contributed by atoms with van der Waals surface area (Å²) in [6, 6.07) is 0. The van der Waals surface area contributed by atoms with Gasteiger partial charge >= 0.3 is 0 Å². The molecule has 0 amide bonds. The first-order valence-corrected chi connectivity index (χ1v) is 18.4. The van der Waals surface area contributed by atoms with Crippen LogP contribution in [0.2, 0.25) is 12.6 Å². The number of hydrogen-bond donors (Lipinski definition) is 0. The van der Waals surface area contributed by atoms with Crippen molar-refractivity contribution in [3.8, 4) is 0 Å². The molecule has 0 rings (SSSR count). The summed E-state index contributed by atoms with van der Waals surface area (Å²) in [5.74, 6) is 0. The van der Waals surface area contributed by atoms with Crippen LogP contribution in [0.4, 0.5) is 0 Å². The average molecular weight is 519 g/mol. The van der Waals surface area contributed by atoms with E-state index < -0.39 is 0 Å². The van der Waals surface area contributed by atoms with Crippen molar-refractivity contribution in [1.82, 2.24) is 0 Å². The summed E-state index contributed by atoms with van der Waals surface area (Å²) in [4.78, 5) is 0. The monoisotopic (exact) mass is 519 g/mol. The summed E-state index contributed by atoms with van der Waals surface area (Å²) in [6.45, 7) is 4.62. The van der Waals surface area contributed by atoms with Crippen LogP contribution < -0.4 is 0 Å². The van der Waals surface area contributed by atoms with E-state index >= 15 is 0 Å². The minimum absolute atomic E-state index is 1.37. The van der Waals surface area contributed by atoms with Gasteiger partial charge in [0, 0.05) is 0 Å². The zero-order chi connectivity index (χ0) is 26.7. The zero-order valence-electron chi connectivity index (χ0n) is 26.7. The normalized spacial score (nSPS) is 11.4. The molecule has 0 radical (unpaired) electrons. The van der Waals surface area contributed by atoms with Crippen molar-refractivity contribution in [2.75, 3.05) is 0 Å². The van der Waals surface area contributed by atoms with Crippen molar-refractivity contribution in [2.24, 2.45) is 0 Å². The van der Waals surface area contributed by atoms with E-state index in [1.54, 1.807) is 0 Å². The summed E-state index contributed by atoms with van der Waals surface area (Å²) in [6.07, 6.45) is 50.4. The molecular formula is C36H75B. The Morgan fingerprint density at radius 2 is 0.378 bits per heavy atom. The first-order chi connectivity index (χ1) is 18.4. The lowest BCUT2D eigenvalue weighted by Crippen LogP contribution is -1.90. The van der Waals surface area contributed by atoms with E-state index in [0.717, 1.165) is 0 Å². The Morgan fingerprint density at radius 1 is 0.216 bits per heavy atom. The molecule has 0 unspecified atom stereocenters. The van der Waals surface area contributed by atoms with Crippen LogP contribution in [-0.2, 0) is 0 Å². The molecule has 222 valence electrons. The van der Waals surface area contributed by atoms with Crippen molar-refractivity contribution in [1.29, 1.82) is 0 Å². The van der Waals surface area contributed by atoms with E-state index in [1.807, 2.05) is 0 Å². The summed E-state index contributed by atoms with van der Waals surface area (Å²) in [7, 11) is 1.50. The van der Waals surface area contributed by atoms with Gasteiger partial charge < -0.3 is 0 Å². The van der Waals surface area contributed by atoms with Gasteiger partial charge in [0.05, 0.1) is 0 Å². The van der Waals surface area contributed by atoms with E-state index in [9.17, 15) is 0 Å². The second-order valence-electron chi connectivity index (χ2n) is 12.7. The fourth-order valence-corrected chi connectivity index (χ4v) is 5.98. The Labute approximate surface area is 238 Å². The van der Waals surface area contributed by atoms with Crippen LogP contribution in [0.15, 0.2) is 0 Å². The van der Waals surface area contributed by atoms with Gasteiger partial charge in [0.1, 0.15) is 7.28 Å². The fourth-order valence-electron chi connectivity index (χ4n) is 5.98. The highest BCUT2D eigenvalue weighted by atomic mass is 14.0. The van der Waals surface area contributed by atoms with Crippen LogP contribution in [-0.4, -0.2) is 7.28 Å². The highest BCUT2D eigenvalue weighted by Gasteiger charge is 1.98. The molecule has 0 fully saturated rings. The molecule has 1 heteroatoms. The van der Waals surface area contributed by atoms with Crippen molar-refractivity contribution in [3.05, 3.63) is 0 Å². The number of hydrogen-bond acceptors (Lipinski definition) is 0. The predicted molar refractivity (Wildman–Crippen MR) is 176 cm³/mol. The highest BCUT2D eigenvalue weighted by Crippen LogP contribution is 2.16. The van der Waals surface area contributed by atoms with Crippen LogP contribution >= 0.6 is 0 Å². The zero-order valence-corrected chi connectivity index (χ0v) is 26.7. The van der Waals surface area contributed by atoms with Crippen LogP contribution in [0, 0.1) is 0 Å². The van der Waals surface area contributed by atoms with Gasteiger partial charge in [-0.1, -0.05) is 232 Å². The van der Waals surface area contributed by atoms with E-state index in [4.69, 9.17) is 0 Å². The molecule has 0 aliphatic carbocycles. The molecule has 0 spiro atoms. The lowest BCUT2D eigenvalue weighted by molar-refractivity contribution is 0.531. The van der Waals surface area contributed by atoms with Gasteiger partial charge in [-0.2, -0.15) is 0 Å². The van der Waals surface area contributed by atoms with Gasteiger partial charge in [-0.3, -0.25) is 0 Å². The van der Waals surface area contributed by atoms with E-state index in [0.29, 0.717) is 0 Å². The minimum atomic E-state index is 1.37. The van der Waals surface area contributed by atoms with Gasteiger partial charge in [0.15, 0.2) is 0 Å². The maximum atomic E-state index is 2.31. The van der Waals surface area contributed by atoms with Gasteiger partial charge in [-0.25, -0.2) is 0 Å². The molecule has 0 atom stereocenters. The number of rotatable bonds is 34. The molecule has 0 nitrogen and oxygen atoms in total. The maximum Gasteiger partial charge on any atom is 0.120 e. The summed E-state index contributed by atoms with van der Waals surface area (Å²) >= 11 is 0. The van der Waals surface area contributed by atoms with Gasteiger partial charge in [0.2, 0.25) is 0 Å². The third kappa shape index (κ3) is 36.1. The number of unbranched alkanes of at least 4 members (excludes halogenated alkanes) is 30. The van der Waals surface area contributed by atoms with Crippen molar-refractivity contribution >= 4 is 7.28 Å². The molecule has 0 aromatic heterocycles. The third-order valence-corrected chi connectivity index (χ3v) is 8.71. The second kappa shape index (κ2) is 36.1. The standard InChI is InChI=1S/C36H75B/c1-3-5-7-9-11-13-15-17-19-21-23-25-27-29-31-33-35-37-36-34-32-30-28-26-24-22-20-18-16-14-12-10-8-6-4-2/h37H,3-36H2,1-2H3. The summed E-state index contributed by atoms with van der Waals surface area (Å²) in [5.41, 5.74) is 0. The molecule has 0 saturated heterocycles. The maximum absolute atomic E-state index is 2.31.